The zero-order valence-corrected chi connectivity index (χ0v) is 17.9. The summed E-state index contributed by atoms with van der Waals surface area (Å²) in [5.74, 6) is 0.668. The van der Waals surface area contributed by atoms with Crippen molar-refractivity contribution in [2.45, 2.75) is 24.8 Å². The van der Waals surface area contributed by atoms with Crippen molar-refractivity contribution in [1.82, 2.24) is 4.57 Å². The quantitative estimate of drug-likeness (QED) is 0.518. The van der Waals surface area contributed by atoms with Crippen LogP contribution in [-0.4, -0.2) is 37.1 Å². The van der Waals surface area contributed by atoms with Crippen molar-refractivity contribution >= 4 is 39.2 Å². The van der Waals surface area contributed by atoms with Crippen LogP contribution in [0.15, 0.2) is 52.4 Å². The van der Waals surface area contributed by atoms with Crippen molar-refractivity contribution in [1.29, 1.82) is 0 Å². The van der Waals surface area contributed by atoms with Crippen LogP contribution in [-0.2, 0) is 22.5 Å². The molecule has 0 saturated heterocycles. The molecule has 0 saturated carbocycles. The summed E-state index contributed by atoms with van der Waals surface area (Å²) in [6.07, 6.45) is 2.32. The maximum atomic E-state index is 12.6. The molecule has 0 atom stereocenters. The van der Waals surface area contributed by atoms with E-state index in [1.54, 1.807) is 18.9 Å². The summed E-state index contributed by atoms with van der Waals surface area (Å²) in [4.78, 5) is 18.8. The van der Waals surface area contributed by atoms with E-state index in [2.05, 4.69) is 4.99 Å². The fourth-order valence-corrected chi connectivity index (χ4v) is 4.37. The van der Waals surface area contributed by atoms with Crippen LogP contribution in [0.2, 0.25) is 0 Å². The summed E-state index contributed by atoms with van der Waals surface area (Å²) in [7, 11) is 1.67. The predicted molar refractivity (Wildman–Crippen MR) is 115 cm³/mol. The van der Waals surface area contributed by atoms with Gasteiger partial charge in [0.2, 0.25) is 0 Å². The molecule has 0 N–H and O–H groups in total. The zero-order chi connectivity index (χ0) is 19.9. The number of carbonyl (C=O) groups excluding carboxylic acids is 1. The number of carbonyl (C=O) groups is 1. The highest BCUT2D eigenvalue weighted by Gasteiger charge is 2.10. The van der Waals surface area contributed by atoms with E-state index in [4.69, 9.17) is 9.47 Å². The minimum atomic E-state index is -0.153. The van der Waals surface area contributed by atoms with Gasteiger partial charge in [0.25, 0.3) is 5.91 Å². The fraction of sp³-hybridized carbons (Fsp3) is 0.333. The molecule has 0 fully saturated rings. The van der Waals surface area contributed by atoms with Gasteiger partial charge in [-0.25, -0.2) is 0 Å². The molecule has 5 nitrogen and oxygen atoms in total. The Balaban J connectivity index is 1.92. The number of methoxy groups -OCH3 is 1. The minimum Gasteiger partial charge on any atom is -0.494 e. The van der Waals surface area contributed by atoms with Crippen LogP contribution in [0.1, 0.15) is 12.5 Å². The average Bonchev–Trinajstić information content (AvgIpc) is 3.03. The van der Waals surface area contributed by atoms with E-state index in [-0.39, 0.29) is 12.3 Å². The van der Waals surface area contributed by atoms with Crippen molar-refractivity contribution in [3.8, 4) is 5.75 Å². The molecule has 0 aliphatic carbocycles. The molecule has 1 aromatic heterocycles. The lowest BCUT2D eigenvalue weighted by Crippen LogP contribution is -2.19. The van der Waals surface area contributed by atoms with Gasteiger partial charge >= 0.3 is 0 Å². The first-order valence-electron chi connectivity index (χ1n) is 9.10. The number of ether oxygens (including phenoxy) is 2. The highest BCUT2D eigenvalue weighted by atomic mass is 32.2. The maximum Gasteiger partial charge on any atom is 0.252 e. The predicted octanol–water partition coefficient (Wildman–Crippen LogP) is 4.14. The van der Waals surface area contributed by atoms with Crippen LogP contribution >= 0.6 is 23.1 Å². The molecule has 0 spiro atoms. The van der Waals surface area contributed by atoms with Crippen molar-refractivity contribution in [3.05, 3.63) is 52.8 Å². The summed E-state index contributed by atoms with van der Waals surface area (Å²) in [5, 5.41) is 0. The Hall–Kier alpha value is -2.09. The van der Waals surface area contributed by atoms with Crippen LogP contribution < -0.4 is 9.54 Å². The zero-order valence-electron chi connectivity index (χ0n) is 16.3. The third-order valence-corrected chi connectivity index (χ3v) is 6.00. The number of hydrogen-bond donors (Lipinski definition) is 0. The van der Waals surface area contributed by atoms with Gasteiger partial charge in [-0.3, -0.25) is 4.79 Å². The number of fused-ring (bicyclic) bond motifs is 1. The molecule has 1 amide bonds. The molecule has 2 aromatic carbocycles. The van der Waals surface area contributed by atoms with E-state index < -0.39 is 0 Å². The monoisotopic (exact) mass is 416 g/mol. The molecule has 3 rings (SSSR count). The second-order valence-corrected chi connectivity index (χ2v) is 8.01. The summed E-state index contributed by atoms with van der Waals surface area (Å²) in [6.45, 7) is 3.77. The fourth-order valence-electron chi connectivity index (χ4n) is 2.86. The molecular weight excluding hydrogens is 392 g/mol. The lowest BCUT2D eigenvalue weighted by Gasteiger charge is -2.06. The Kier molecular flexibility index (Phi) is 7.30. The molecular formula is C21H24N2O3S2. The Bertz CT molecular complexity index is 1010. The largest absolute Gasteiger partial charge is 0.494 e. The van der Waals surface area contributed by atoms with Gasteiger partial charge in [0.1, 0.15) is 5.75 Å². The Morgan fingerprint density at radius 3 is 2.68 bits per heavy atom. The third-order valence-electron chi connectivity index (χ3n) is 4.22. The molecule has 1 heterocycles. The normalized spacial score (nSPS) is 11.9. The van der Waals surface area contributed by atoms with E-state index in [1.165, 1.54) is 16.2 Å². The second-order valence-electron chi connectivity index (χ2n) is 6.12. The number of hydrogen-bond acceptors (Lipinski definition) is 5. The molecule has 0 aliphatic heterocycles. The maximum absolute atomic E-state index is 12.6. The van der Waals surface area contributed by atoms with Crippen molar-refractivity contribution in [2.75, 3.05) is 26.6 Å². The smallest absolute Gasteiger partial charge is 0.252 e. The summed E-state index contributed by atoms with van der Waals surface area (Å²) in [6, 6.07) is 14.0. The number of rotatable bonds is 8. The number of benzene rings is 2. The Morgan fingerprint density at radius 2 is 2.00 bits per heavy atom. The van der Waals surface area contributed by atoms with E-state index in [1.807, 2.05) is 60.2 Å². The van der Waals surface area contributed by atoms with E-state index in [0.717, 1.165) is 21.5 Å². The van der Waals surface area contributed by atoms with Gasteiger partial charge in [0.15, 0.2) is 4.80 Å². The lowest BCUT2D eigenvalue weighted by atomic mass is 10.1. The number of aromatic nitrogens is 1. The molecule has 0 unspecified atom stereocenters. The van der Waals surface area contributed by atoms with Gasteiger partial charge in [-0.15, -0.1) is 11.8 Å². The summed E-state index contributed by atoms with van der Waals surface area (Å²) >= 11 is 3.18. The summed E-state index contributed by atoms with van der Waals surface area (Å²) in [5.41, 5.74) is 2.00. The number of thioether (sulfide) groups is 1. The minimum absolute atomic E-state index is 0.153. The first kappa shape index (κ1) is 20.6. The van der Waals surface area contributed by atoms with Crippen LogP contribution in [0.25, 0.3) is 10.2 Å². The van der Waals surface area contributed by atoms with Gasteiger partial charge in [-0.1, -0.05) is 23.5 Å². The molecule has 148 valence electrons. The van der Waals surface area contributed by atoms with Gasteiger partial charge < -0.3 is 14.0 Å². The topological polar surface area (TPSA) is 52.8 Å². The molecule has 7 heteroatoms. The van der Waals surface area contributed by atoms with Gasteiger partial charge in [-0.2, -0.15) is 4.99 Å². The number of thiazole rings is 1. The second kappa shape index (κ2) is 9.91. The average molecular weight is 417 g/mol. The van der Waals surface area contributed by atoms with E-state index in [0.29, 0.717) is 24.6 Å². The standard InChI is InChI=1S/C21H24N2O3S2/c1-4-26-16-7-10-18-19(14-16)28-21(23(18)11-12-25-2)22-20(24)13-15-5-8-17(27-3)9-6-15/h5-10,14H,4,11-13H2,1-3H3. The van der Waals surface area contributed by atoms with Gasteiger partial charge in [0.05, 0.1) is 29.9 Å². The van der Waals surface area contributed by atoms with Crippen LogP contribution in [0.3, 0.4) is 0 Å². The van der Waals surface area contributed by atoms with Crippen LogP contribution in [0.4, 0.5) is 0 Å². The lowest BCUT2D eigenvalue weighted by molar-refractivity contribution is -0.117. The molecule has 0 aliphatic rings. The Labute approximate surface area is 173 Å². The van der Waals surface area contributed by atoms with E-state index in [9.17, 15) is 4.79 Å². The molecule has 28 heavy (non-hydrogen) atoms. The third kappa shape index (κ3) is 5.04. The highest BCUT2D eigenvalue weighted by Crippen LogP contribution is 2.23. The first-order chi connectivity index (χ1) is 13.6. The summed E-state index contributed by atoms with van der Waals surface area (Å²) < 4.78 is 13.9. The molecule has 3 aromatic rings. The van der Waals surface area contributed by atoms with Crippen LogP contribution in [0.5, 0.6) is 5.75 Å². The highest BCUT2D eigenvalue weighted by molar-refractivity contribution is 7.98. The van der Waals surface area contributed by atoms with Crippen molar-refractivity contribution in [3.63, 3.8) is 0 Å². The van der Waals surface area contributed by atoms with Crippen molar-refractivity contribution < 1.29 is 14.3 Å². The SMILES string of the molecule is CCOc1ccc2c(c1)sc(=NC(=O)Cc1ccc(SC)cc1)n2CCOC. The van der Waals surface area contributed by atoms with Gasteiger partial charge in [0, 0.05) is 18.6 Å². The first-order valence-corrected chi connectivity index (χ1v) is 11.1. The van der Waals surface area contributed by atoms with E-state index >= 15 is 0 Å². The number of nitrogens with zero attached hydrogens (tertiary/aromatic N) is 2. The van der Waals surface area contributed by atoms with Gasteiger partial charge in [-0.05, 0) is 49.1 Å². The van der Waals surface area contributed by atoms with Crippen molar-refractivity contribution in [2.24, 2.45) is 4.99 Å². The Morgan fingerprint density at radius 1 is 1.21 bits per heavy atom. The van der Waals surface area contributed by atoms with Crippen LogP contribution in [0, 0.1) is 0 Å². The molecule has 0 bridgehead atoms. The molecule has 0 radical (unpaired) electrons. The number of amides is 1.